The molecule has 6 nitrogen and oxygen atoms in total. The van der Waals surface area contributed by atoms with Crippen LogP contribution in [0.4, 0.5) is 4.79 Å². The number of aryl methyl sites for hydroxylation is 1. The second-order valence-corrected chi connectivity index (χ2v) is 4.46. The zero-order valence-electron chi connectivity index (χ0n) is 7.97. The van der Waals surface area contributed by atoms with Crippen LogP contribution in [0.1, 0.15) is 5.56 Å². The molecule has 1 rings (SSSR count). The van der Waals surface area contributed by atoms with Crippen LogP contribution in [-0.4, -0.2) is 14.4 Å². The summed E-state index contributed by atoms with van der Waals surface area (Å²) in [7, 11) is -3.86. The van der Waals surface area contributed by atoms with E-state index in [9.17, 15) is 13.2 Å². The smallest absolute Gasteiger partial charge is 0.328 e. The van der Waals surface area contributed by atoms with Crippen LogP contribution in [0.15, 0.2) is 29.2 Å². The molecule has 0 unspecified atom stereocenters. The minimum Gasteiger partial charge on any atom is -0.350 e. The van der Waals surface area contributed by atoms with Gasteiger partial charge in [-0.2, -0.15) is 0 Å². The highest BCUT2D eigenvalue weighted by atomic mass is 32.2. The van der Waals surface area contributed by atoms with E-state index in [2.05, 4.69) is 4.83 Å². The highest BCUT2D eigenvalue weighted by Crippen LogP contribution is 2.09. The summed E-state index contributed by atoms with van der Waals surface area (Å²) in [5, 5.41) is 0. The van der Waals surface area contributed by atoms with Crippen LogP contribution in [-0.2, 0) is 10.0 Å². The van der Waals surface area contributed by atoms with Crippen molar-refractivity contribution in [2.45, 2.75) is 11.8 Å². The Morgan fingerprint density at radius 3 is 2.33 bits per heavy atom. The van der Waals surface area contributed by atoms with E-state index in [1.807, 2.05) is 6.92 Å². The summed E-state index contributed by atoms with van der Waals surface area (Å²) in [5.41, 5.74) is 7.30. The number of benzene rings is 1. The van der Waals surface area contributed by atoms with Gasteiger partial charge in [-0.15, -0.1) is 0 Å². The Bertz CT molecular complexity index is 453. The predicted octanol–water partition coefficient (Wildman–Crippen LogP) is -0.129. The maximum atomic E-state index is 11.4. The van der Waals surface area contributed by atoms with Gasteiger partial charge in [0.15, 0.2) is 0 Å². The molecule has 0 spiro atoms. The van der Waals surface area contributed by atoms with E-state index in [4.69, 9.17) is 5.73 Å². The quantitative estimate of drug-likeness (QED) is 0.704. The van der Waals surface area contributed by atoms with Gasteiger partial charge in [0.05, 0.1) is 4.90 Å². The standard InChI is InChI=1S/C8H10N3O3S/c1-6-2-4-7(5-3-6)15(13,14)11-10-8(9)12/h2-5H,1H3,(H3,9,10,12). The zero-order valence-corrected chi connectivity index (χ0v) is 8.78. The van der Waals surface area contributed by atoms with Crippen LogP contribution in [0.25, 0.3) is 0 Å². The van der Waals surface area contributed by atoms with Crippen molar-refractivity contribution in [2.75, 3.05) is 0 Å². The third-order valence-corrected chi connectivity index (χ3v) is 2.79. The summed E-state index contributed by atoms with van der Waals surface area (Å²) in [6.07, 6.45) is 0. The molecule has 0 aliphatic heterocycles. The molecular formula is C8H10N3O3S. The number of primary amides is 1. The maximum absolute atomic E-state index is 11.4. The summed E-state index contributed by atoms with van der Waals surface area (Å²) < 4.78 is 22.8. The molecule has 15 heavy (non-hydrogen) atoms. The number of nitrogens with two attached hydrogens (primary N) is 1. The van der Waals surface area contributed by atoms with Crippen molar-refractivity contribution in [1.29, 1.82) is 0 Å². The monoisotopic (exact) mass is 228 g/mol. The van der Waals surface area contributed by atoms with Gasteiger partial charge in [-0.3, -0.25) is 0 Å². The number of nitrogens with one attached hydrogen (secondary N) is 1. The predicted molar refractivity (Wildman–Crippen MR) is 53.2 cm³/mol. The molecule has 7 heteroatoms. The topological polar surface area (TPSA) is 103 Å². The molecule has 0 heterocycles. The van der Waals surface area contributed by atoms with Gasteiger partial charge in [-0.25, -0.2) is 18.6 Å². The average molecular weight is 228 g/mol. The molecule has 0 aromatic heterocycles. The second kappa shape index (κ2) is 4.28. The number of carbonyl (C=O) groups excluding carboxylic acids is 1. The summed E-state index contributed by atoms with van der Waals surface area (Å²) in [5.74, 6) is 0. The molecule has 0 fully saturated rings. The summed E-state index contributed by atoms with van der Waals surface area (Å²) in [6, 6.07) is 5.04. The summed E-state index contributed by atoms with van der Waals surface area (Å²) in [4.78, 5) is 13.3. The van der Waals surface area contributed by atoms with Crippen molar-refractivity contribution in [2.24, 2.45) is 5.73 Å². The third kappa shape index (κ3) is 3.22. The fourth-order valence-electron chi connectivity index (χ4n) is 0.868. The molecule has 0 saturated carbocycles. The number of rotatable bonds is 3. The van der Waals surface area contributed by atoms with Gasteiger partial charge >= 0.3 is 6.03 Å². The molecule has 3 N–H and O–H groups in total. The Labute approximate surface area is 87.5 Å². The van der Waals surface area contributed by atoms with Crippen LogP contribution < -0.4 is 16.0 Å². The molecular weight excluding hydrogens is 218 g/mol. The van der Waals surface area contributed by atoms with Crippen molar-refractivity contribution in [1.82, 2.24) is 10.3 Å². The SMILES string of the molecule is Cc1ccc(S(=O)(=O)[N]NC(N)=O)cc1. The van der Waals surface area contributed by atoms with Crippen LogP contribution in [0, 0.1) is 6.92 Å². The van der Waals surface area contributed by atoms with E-state index in [0.29, 0.717) is 0 Å². The lowest BCUT2D eigenvalue weighted by molar-refractivity contribution is 0.247. The molecule has 0 aliphatic rings. The minimum atomic E-state index is -3.86. The van der Waals surface area contributed by atoms with Gasteiger partial charge < -0.3 is 5.73 Å². The fourth-order valence-corrected chi connectivity index (χ4v) is 1.66. The number of urea groups is 1. The van der Waals surface area contributed by atoms with Gasteiger partial charge in [-0.1, -0.05) is 17.7 Å². The lowest BCUT2D eigenvalue weighted by Crippen LogP contribution is -2.38. The first-order valence-electron chi connectivity index (χ1n) is 4.01. The van der Waals surface area contributed by atoms with Gasteiger partial charge in [0.25, 0.3) is 10.0 Å². The Balaban J connectivity index is 2.87. The van der Waals surface area contributed by atoms with Crippen LogP contribution in [0.5, 0.6) is 0 Å². The van der Waals surface area contributed by atoms with E-state index in [1.165, 1.54) is 12.1 Å². The lowest BCUT2D eigenvalue weighted by Gasteiger charge is -2.03. The number of amides is 2. The lowest BCUT2D eigenvalue weighted by atomic mass is 10.2. The maximum Gasteiger partial charge on any atom is 0.328 e. The second-order valence-electron chi connectivity index (χ2n) is 2.86. The first kappa shape index (κ1) is 11.5. The van der Waals surface area contributed by atoms with Crippen molar-refractivity contribution >= 4 is 16.1 Å². The number of sulfonamides is 1. The van der Waals surface area contributed by atoms with E-state index < -0.39 is 16.1 Å². The van der Waals surface area contributed by atoms with Crippen molar-refractivity contribution in [3.8, 4) is 0 Å². The zero-order chi connectivity index (χ0) is 11.5. The molecule has 2 amide bonds. The van der Waals surface area contributed by atoms with Crippen LogP contribution >= 0.6 is 0 Å². The molecule has 0 aliphatic carbocycles. The first-order chi connectivity index (χ1) is 6.92. The molecule has 0 saturated heterocycles. The summed E-state index contributed by atoms with van der Waals surface area (Å²) >= 11 is 0. The minimum absolute atomic E-state index is 0.00171. The Kier molecular flexibility index (Phi) is 3.28. The Hall–Kier alpha value is -1.60. The van der Waals surface area contributed by atoms with Crippen molar-refractivity contribution in [3.63, 3.8) is 0 Å². The average Bonchev–Trinajstić information content (AvgIpc) is 2.16. The summed E-state index contributed by atoms with van der Waals surface area (Å²) in [6.45, 7) is 1.83. The van der Waals surface area contributed by atoms with Gasteiger partial charge in [0, 0.05) is 0 Å². The van der Waals surface area contributed by atoms with Crippen LogP contribution in [0.3, 0.4) is 0 Å². The van der Waals surface area contributed by atoms with E-state index >= 15 is 0 Å². The molecule has 0 atom stereocenters. The van der Waals surface area contributed by atoms with Gasteiger partial charge in [0.1, 0.15) is 0 Å². The molecule has 81 valence electrons. The van der Waals surface area contributed by atoms with E-state index in [-0.39, 0.29) is 4.90 Å². The fraction of sp³-hybridized carbons (Fsp3) is 0.125. The molecule has 0 bridgehead atoms. The number of hydrogen-bond acceptors (Lipinski definition) is 3. The largest absolute Gasteiger partial charge is 0.350 e. The number of carbonyl (C=O) groups is 1. The van der Waals surface area contributed by atoms with E-state index in [0.717, 1.165) is 5.56 Å². The highest BCUT2D eigenvalue weighted by Gasteiger charge is 2.15. The number of hydrogen-bond donors (Lipinski definition) is 2. The molecule has 1 radical (unpaired) electrons. The highest BCUT2D eigenvalue weighted by molar-refractivity contribution is 7.89. The molecule has 1 aromatic carbocycles. The van der Waals surface area contributed by atoms with E-state index in [1.54, 1.807) is 17.6 Å². The van der Waals surface area contributed by atoms with Crippen LogP contribution in [0.2, 0.25) is 0 Å². The first-order valence-corrected chi connectivity index (χ1v) is 5.45. The normalized spacial score (nSPS) is 11.0. The van der Waals surface area contributed by atoms with Gasteiger partial charge in [0.2, 0.25) is 0 Å². The third-order valence-electron chi connectivity index (χ3n) is 1.59. The molecule has 1 aromatic rings. The van der Waals surface area contributed by atoms with Crippen molar-refractivity contribution < 1.29 is 13.2 Å². The van der Waals surface area contributed by atoms with Gasteiger partial charge in [-0.05, 0) is 23.9 Å². The Morgan fingerprint density at radius 2 is 1.87 bits per heavy atom. The van der Waals surface area contributed by atoms with Crippen molar-refractivity contribution in [3.05, 3.63) is 29.8 Å². The number of nitrogens with zero attached hydrogens (tertiary/aromatic N) is 1. The Morgan fingerprint density at radius 1 is 1.33 bits per heavy atom.